The predicted molar refractivity (Wildman–Crippen MR) is 62.2 cm³/mol. The van der Waals surface area contributed by atoms with Crippen LogP contribution >= 0.6 is 0 Å². The van der Waals surface area contributed by atoms with E-state index in [0.29, 0.717) is 6.04 Å². The molecule has 0 spiro atoms. The second kappa shape index (κ2) is 6.17. The fourth-order valence-electron chi connectivity index (χ4n) is 1.41. The highest BCUT2D eigenvalue weighted by molar-refractivity contribution is 5.19. The number of nitrogens with one attached hydrogen (secondary N) is 1. The molecule has 0 saturated carbocycles. The number of rotatable bonds is 6. The Bertz CT molecular complexity index is 277. The van der Waals surface area contributed by atoms with Crippen molar-refractivity contribution in [2.24, 2.45) is 0 Å². The summed E-state index contributed by atoms with van der Waals surface area (Å²) in [7, 11) is 0. The molecule has 0 aromatic heterocycles. The fraction of sp³-hybridized carbons (Fsp3) is 0.231. The van der Waals surface area contributed by atoms with Crippen molar-refractivity contribution in [3.63, 3.8) is 0 Å². The monoisotopic (exact) mass is 187 g/mol. The van der Waals surface area contributed by atoms with E-state index in [9.17, 15) is 0 Å². The lowest BCUT2D eigenvalue weighted by molar-refractivity contribution is 0.575. The van der Waals surface area contributed by atoms with Gasteiger partial charge in [-0.15, -0.1) is 13.2 Å². The third-order valence-corrected chi connectivity index (χ3v) is 2.11. The third-order valence-electron chi connectivity index (χ3n) is 2.11. The maximum Gasteiger partial charge on any atom is 0.0357 e. The first kappa shape index (κ1) is 10.7. The largest absolute Gasteiger partial charge is 0.306 e. The molecule has 0 saturated heterocycles. The Morgan fingerprint density at radius 1 is 1.14 bits per heavy atom. The van der Waals surface area contributed by atoms with Crippen molar-refractivity contribution < 1.29 is 0 Å². The Kier molecular flexibility index (Phi) is 4.73. The molecule has 1 aromatic carbocycles. The van der Waals surface area contributed by atoms with Crippen LogP contribution in [0.5, 0.6) is 0 Å². The molecule has 0 fully saturated rings. The summed E-state index contributed by atoms with van der Waals surface area (Å²) in [5.74, 6) is 0. The van der Waals surface area contributed by atoms with E-state index in [1.165, 1.54) is 5.56 Å². The Morgan fingerprint density at radius 3 is 2.43 bits per heavy atom. The molecule has 0 aliphatic rings. The van der Waals surface area contributed by atoms with Crippen molar-refractivity contribution in [1.29, 1.82) is 0 Å². The zero-order chi connectivity index (χ0) is 10.2. The zero-order valence-corrected chi connectivity index (χ0v) is 8.45. The molecular weight excluding hydrogens is 170 g/mol. The molecule has 74 valence electrons. The number of benzene rings is 1. The van der Waals surface area contributed by atoms with Crippen LogP contribution in [0.1, 0.15) is 18.0 Å². The second-order valence-electron chi connectivity index (χ2n) is 3.18. The predicted octanol–water partition coefficient (Wildman–Crippen LogP) is 3.08. The Balaban J connectivity index is 2.66. The van der Waals surface area contributed by atoms with Gasteiger partial charge in [-0.05, 0) is 12.0 Å². The Labute approximate surface area is 86.2 Å². The average molecular weight is 187 g/mol. The highest BCUT2D eigenvalue weighted by Crippen LogP contribution is 2.16. The van der Waals surface area contributed by atoms with Crippen LogP contribution in [-0.2, 0) is 0 Å². The van der Waals surface area contributed by atoms with Crippen molar-refractivity contribution in [2.75, 3.05) is 6.54 Å². The maximum absolute atomic E-state index is 3.77. The van der Waals surface area contributed by atoms with E-state index in [4.69, 9.17) is 0 Å². The van der Waals surface area contributed by atoms with Gasteiger partial charge in [-0.2, -0.15) is 0 Å². The lowest BCUT2D eigenvalue weighted by Gasteiger charge is -2.16. The molecule has 0 aliphatic carbocycles. The second-order valence-corrected chi connectivity index (χ2v) is 3.18. The van der Waals surface area contributed by atoms with Crippen LogP contribution in [0.3, 0.4) is 0 Å². The molecule has 0 bridgehead atoms. The first-order valence-electron chi connectivity index (χ1n) is 4.88. The fourth-order valence-corrected chi connectivity index (χ4v) is 1.41. The van der Waals surface area contributed by atoms with Gasteiger partial charge in [0.15, 0.2) is 0 Å². The van der Waals surface area contributed by atoms with E-state index < -0.39 is 0 Å². The van der Waals surface area contributed by atoms with Gasteiger partial charge >= 0.3 is 0 Å². The molecule has 14 heavy (non-hydrogen) atoms. The van der Waals surface area contributed by atoms with Crippen LogP contribution in [0.4, 0.5) is 0 Å². The van der Waals surface area contributed by atoms with Crippen molar-refractivity contribution in [2.45, 2.75) is 12.5 Å². The van der Waals surface area contributed by atoms with Crippen molar-refractivity contribution in [3.05, 3.63) is 61.2 Å². The highest BCUT2D eigenvalue weighted by Gasteiger charge is 2.06. The minimum atomic E-state index is 0.353. The van der Waals surface area contributed by atoms with E-state index in [1.807, 2.05) is 18.2 Å². The summed E-state index contributed by atoms with van der Waals surface area (Å²) < 4.78 is 0. The Hall–Kier alpha value is -1.34. The lowest BCUT2D eigenvalue weighted by Crippen LogP contribution is -2.20. The molecule has 1 nitrogen and oxygen atoms in total. The molecule has 1 rings (SSSR count). The van der Waals surface area contributed by atoms with Crippen LogP contribution < -0.4 is 5.32 Å². The van der Waals surface area contributed by atoms with Crippen LogP contribution in [0.2, 0.25) is 0 Å². The van der Waals surface area contributed by atoms with Gasteiger partial charge in [0.2, 0.25) is 0 Å². The molecule has 0 radical (unpaired) electrons. The van der Waals surface area contributed by atoms with Gasteiger partial charge in [-0.1, -0.05) is 42.5 Å². The van der Waals surface area contributed by atoms with E-state index in [1.54, 1.807) is 0 Å². The van der Waals surface area contributed by atoms with E-state index in [2.05, 4.69) is 42.7 Å². The van der Waals surface area contributed by atoms with Gasteiger partial charge in [0.25, 0.3) is 0 Å². The summed E-state index contributed by atoms with van der Waals surface area (Å²) in [5.41, 5.74) is 1.30. The zero-order valence-electron chi connectivity index (χ0n) is 8.45. The summed E-state index contributed by atoms with van der Waals surface area (Å²) in [6.45, 7) is 8.29. The van der Waals surface area contributed by atoms with Gasteiger partial charge in [-0.25, -0.2) is 0 Å². The molecule has 0 aliphatic heterocycles. The summed E-state index contributed by atoms with van der Waals surface area (Å²) in [4.78, 5) is 0. The summed E-state index contributed by atoms with van der Waals surface area (Å²) >= 11 is 0. The summed E-state index contributed by atoms with van der Waals surface area (Å²) in [6, 6.07) is 10.8. The van der Waals surface area contributed by atoms with E-state index in [-0.39, 0.29) is 0 Å². The maximum atomic E-state index is 3.77. The molecule has 1 unspecified atom stereocenters. The van der Waals surface area contributed by atoms with Crippen molar-refractivity contribution >= 4 is 0 Å². The van der Waals surface area contributed by atoms with Crippen molar-refractivity contribution in [1.82, 2.24) is 5.32 Å². The van der Waals surface area contributed by atoms with E-state index >= 15 is 0 Å². The molecule has 1 N–H and O–H groups in total. The lowest BCUT2D eigenvalue weighted by atomic mass is 10.0. The van der Waals surface area contributed by atoms with Crippen LogP contribution in [0.25, 0.3) is 0 Å². The highest BCUT2D eigenvalue weighted by atomic mass is 14.9. The first-order valence-corrected chi connectivity index (χ1v) is 4.88. The van der Waals surface area contributed by atoms with Gasteiger partial charge in [0, 0.05) is 12.6 Å². The first-order chi connectivity index (χ1) is 6.88. The van der Waals surface area contributed by atoms with Crippen LogP contribution in [-0.4, -0.2) is 6.54 Å². The molecule has 0 heterocycles. The normalized spacial score (nSPS) is 12.0. The van der Waals surface area contributed by atoms with Crippen LogP contribution in [0, 0.1) is 0 Å². The summed E-state index contributed by atoms with van der Waals surface area (Å²) in [6.07, 6.45) is 4.75. The summed E-state index contributed by atoms with van der Waals surface area (Å²) in [5, 5.41) is 3.40. The number of hydrogen-bond donors (Lipinski definition) is 1. The standard InChI is InChI=1S/C13H17N/c1-3-8-13(14-11-4-2)12-9-6-5-7-10-12/h3-7,9-10,13-14H,1-2,8,11H2. The third kappa shape index (κ3) is 3.19. The Morgan fingerprint density at radius 2 is 1.86 bits per heavy atom. The van der Waals surface area contributed by atoms with Crippen LogP contribution in [0.15, 0.2) is 55.6 Å². The molecular formula is C13H17N. The topological polar surface area (TPSA) is 12.0 Å². The molecule has 1 atom stereocenters. The van der Waals surface area contributed by atoms with E-state index in [0.717, 1.165) is 13.0 Å². The van der Waals surface area contributed by atoms with Crippen molar-refractivity contribution in [3.8, 4) is 0 Å². The van der Waals surface area contributed by atoms with Gasteiger partial charge < -0.3 is 5.32 Å². The SMILES string of the molecule is C=CCNC(CC=C)c1ccccc1. The molecule has 1 aromatic rings. The quantitative estimate of drug-likeness (QED) is 0.675. The smallest absolute Gasteiger partial charge is 0.0357 e. The minimum Gasteiger partial charge on any atom is -0.306 e. The van der Waals surface area contributed by atoms with Gasteiger partial charge in [0.05, 0.1) is 0 Å². The molecule has 1 heteroatoms. The molecule has 0 amide bonds. The average Bonchev–Trinajstić information content (AvgIpc) is 2.25. The number of hydrogen-bond acceptors (Lipinski definition) is 1. The van der Waals surface area contributed by atoms with Gasteiger partial charge in [-0.3, -0.25) is 0 Å². The van der Waals surface area contributed by atoms with Gasteiger partial charge in [0.1, 0.15) is 0 Å². The minimum absolute atomic E-state index is 0.353.